The van der Waals surface area contributed by atoms with Crippen molar-refractivity contribution in [2.45, 2.75) is 31.2 Å². The molecule has 1 aliphatic rings. The largest absolute Gasteiger partial charge is 0.416 e. The van der Waals surface area contributed by atoms with E-state index in [0.29, 0.717) is 35.6 Å². The van der Waals surface area contributed by atoms with Gasteiger partial charge in [-0.3, -0.25) is 0 Å². The number of para-hydroxylation sites is 2. The van der Waals surface area contributed by atoms with E-state index in [4.69, 9.17) is 0 Å². The monoisotopic (exact) mass is 494 g/mol. The summed E-state index contributed by atoms with van der Waals surface area (Å²) in [6.07, 6.45) is -3.24. The molecule has 0 radical (unpaired) electrons. The predicted molar refractivity (Wildman–Crippen MR) is 131 cm³/mol. The Hall–Kier alpha value is -3.92. The first-order chi connectivity index (χ1) is 17.3. The first-order valence-electron chi connectivity index (χ1n) is 11.6. The number of nitrogens with zero attached hydrogens (tertiary/aromatic N) is 5. The number of rotatable bonds is 6. The van der Waals surface area contributed by atoms with E-state index in [-0.39, 0.29) is 6.54 Å². The maximum atomic E-state index is 12.9. The van der Waals surface area contributed by atoms with Crippen LogP contribution < -0.4 is 10.2 Å². The van der Waals surface area contributed by atoms with Gasteiger partial charge in [0.25, 0.3) is 0 Å². The number of anilines is 3. The van der Waals surface area contributed by atoms with Crippen molar-refractivity contribution in [1.82, 2.24) is 20.2 Å². The number of halogens is 3. The van der Waals surface area contributed by atoms with Crippen molar-refractivity contribution >= 4 is 17.1 Å². The molecule has 186 valence electrons. The van der Waals surface area contributed by atoms with Crippen LogP contribution in [0, 0.1) is 0 Å². The van der Waals surface area contributed by atoms with Crippen molar-refractivity contribution in [3.05, 3.63) is 84.4 Å². The van der Waals surface area contributed by atoms with Crippen LogP contribution in [0.1, 0.15) is 18.4 Å². The van der Waals surface area contributed by atoms with E-state index in [1.807, 2.05) is 30.3 Å². The van der Waals surface area contributed by atoms with Crippen LogP contribution in [0.2, 0.25) is 0 Å². The number of tetrazole rings is 1. The number of hydrogen-bond acceptors (Lipinski definition) is 6. The van der Waals surface area contributed by atoms with E-state index in [1.54, 1.807) is 12.1 Å². The molecule has 1 aromatic heterocycles. The van der Waals surface area contributed by atoms with Crippen molar-refractivity contribution < 1.29 is 18.3 Å². The maximum absolute atomic E-state index is 12.9. The Morgan fingerprint density at radius 2 is 1.56 bits per heavy atom. The zero-order chi connectivity index (χ0) is 25.2. The molecule has 10 heteroatoms. The number of benzene rings is 3. The predicted octanol–water partition coefficient (Wildman–Crippen LogP) is 5.13. The molecule has 1 aliphatic heterocycles. The molecule has 1 saturated heterocycles. The Morgan fingerprint density at radius 3 is 2.25 bits per heavy atom. The molecule has 7 nitrogen and oxygen atoms in total. The fourth-order valence-electron chi connectivity index (χ4n) is 4.34. The molecule has 0 amide bonds. The molecule has 2 N–H and O–H groups in total. The lowest BCUT2D eigenvalue weighted by molar-refractivity contribution is -0.137. The van der Waals surface area contributed by atoms with E-state index in [9.17, 15) is 18.3 Å². The molecule has 3 aromatic carbocycles. The molecule has 0 bridgehead atoms. The summed E-state index contributed by atoms with van der Waals surface area (Å²) in [4.78, 5) is 3.65. The zero-order valence-corrected chi connectivity index (χ0v) is 19.4. The molecule has 0 saturated carbocycles. The van der Waals surface area contributed by atoms with Gasteiger partial charge >= 0.3 is 6.18 Å². The molecule has 0 atom stereocenters. The van der Waals surface area contributed by atoms with Crippen LogP contribution in [0.15, 0.2) is 78.9 Å². The lowest BCUT2D eigenvalue weighted by Gasteiger charge is -2.38. The highest BCUT2D eigenvalue weighted by Crippen LogP contribution is 2.32. The number of hydrogen-bond donors (Lipinski definition) is 2. The standard InChI is InChI=1S/C26H25F3N6O/c27-26(28,29)19-10-12-20(13-11-19)30-23-9-5-4-8-22(23)24-31-33-35(32-24)18-25(36)14-16-34(17-15-25)21-6-2-1-3-7-21/h1-13,30,36H,14-18H2. The Bertz CT molecular complexity index is 1300. The minimum atomic E-state index is -4.39. The van der Waals surface area contributed by atoms with Gasteiger partial charge in [-0.1, -0.05) is 30.3 Å². The van der Waals surface area contributed by atoms with Crippen molar-refractivity contribution in [3.8, 4) is 11.4 Å². The third-order valence-electron chi connectivity index (χ3n) is 6.36. The van der Waals surface area contributed by atoms with Crippen molar-refractivity contribution in [1.29, 1.82) is 0 Å². The molecular formula is C26H25F3N6O. The second-order valence-corrected chi connectivity index (χ2v) is 8.94. The average molecular weight is 495 g/mol. The molecule has 0 spiro atoms. The quantitative estimate of drug-likeness (QED) is 0.387. The molecule has 0 aliphatic carbocycles. The molecule has 1 fully saturated rings. The highest BCUT2D eigenvalue weighted by molar-refractivity contribution is 5.77. The van der Waals surface area contributed by atoms with Crippen LogP contribution in [0.3, 0.4) is 0 Å². The minimum absolute atomic E-state index is 0.219. The number of piperidine rings is 1. The fraction of sp³-hybridized carbons (Fsp3) is 0.269. The number of aliphatic hydroxyl groups is 1. The normalized spacial score (nSPS) is 15.6. The van der Waals surface area contributed by atoms with Crippen molar-refractivity contribution in [2.75, 3.05) is 23.3 Å². The summed E-state index contributed by atoms with van der Waals surface area (Å²) in [5.74, 6) is 0.357. The summed E-state index contributed by atoms with van der Waals surface area (Å²) in [7, 11) is 0. The van der Waals surface area contributed by atoms with Crippen LogP contribution in [0.4, 0.5) is 30.2 Å². The zero-order valence-electron chi connectivity index (χ0n) is 19.4. The van der Waals surface area contributed by atoms with E-state index in [0.717, 1.165) is 30.9 Å². The number of aromatic nitrogens is 4. The van der Waals surface area contributed by atoms with Crippen molar-refractivity contribution in [2.24, 2.45) is 0 Å². The van der Waals surface area contributed by atoms with Gasteiger partial charge < -0.3 is 15.3 Å². The van der Waals surface area contributed by atoms with E-state index in [2.05, 4.69) is 37.8 Å². The van der Waals surface area contributed by atoms with Gasteiger partial charge in [0.1, 0.15) is 0 Å². The minimum Gasteiger partial charge on any atom is -0.388 e. The Morgan fingerprint density at radius 1 is 0.889 bits per heavy atom. The Kier molecular flexibility index (Phi) is 6.36. The van der Waals surface area contributed by atoms with Gasteiger partial charge in [0.05, 0.1) is 17.7 Å². The molecule has 4 aromatic rings. The smallest absolute Gasteiger partial charge is 0.388 e. The second-order valence-electron chi connectivity index (χ2n) is 8.94. The highest BCUT2D eigenvalue weighted by atomic mass is 19.4. The molecular weight excluding hydrogens is 469 g/mol. The topological polar surface area (TPSA) is 79.1 Å². The first kappa shape index (κ1) is 23.8. The van der Waals surface area contributed by atoms with Gasteiger partial charge in [-0.15, -0.1) is 10.2 Å². The third-order valence-corrected chi connectivity index (χ3v) is 6.36. The van der Waals surface area contributed by atoms with E-state index < -0.39 is 17.3 Å². The van der Waals surface area contributed by atoms with Crippen LogP contribution in [0.25, 0.3) is 11.4 Å². The van der Waals surface area contributed by atoms with Gasteiger partial charge in [0, 0.05) is 35.7 Å². The molecule has 0 unspecified atom stereocenters. The lowest BCUT2D eigenvalue weighted by atomic mass is 9.91. The first-order valence-corrected chi connectivity index (χ1v) is 11.6. The van der Waals surface area contributed by atoms with Gasteiger partial charge in [-0.2, -0.15) is 18.0 Å². The van der Waals surface area contributed by atoms with Crippen LogP contribution >= 0.6 is 0 Å². The van der Waals surface area contributed by atoms with Gasteiger partial charge in [-0.25, -0.2) is 0 Å². The van der Waals surface area contributed by atoms with Crippen LogP contribution in [-0.2, 0) is 12.7 Å². The average Bonchev–Trinajstić information content (AvgIpc) is 3.33. The maximum Gasteiger partial charge on any atom is 0.416 e. The number of alkyl halides is 3. The summed E-state index contributed by atoms with van der Waals surface area (Å²) in [5, 5.41) is 27.1. The SMILES string of the molecule is OC1(Cn2nnc(-c3ccccc3Nc3ccc(C(F)(F)F)cc3)n2)CCN(c2ccccc2)CC1. The van der Waals surface area contributed by atoms with Gasteiger partial charge in [0.15, 0.2) is 0 Å². The van der Waals surface area contributed by atoms with Crippen LogP contribution in [-0.4, -0.2) is 44.0 Å². The summed E-state index contributed by atoms with van der Waals surface area (Å²) in [5.41, 5.74) is 1.27. The van der Waals surface area contributed by atoms with E-state index in [1.165, 1.54) is 16.9 Å². The fourth-order valence-corrected chi connectivity index (χ4v) is 4.34. The van der Waals surface area contributed by atoms with Gasteiger partial charge in [-0.05, 0) is 66.6 Å². The lowest BCUT2D eigenvalue weighted by Crippen LogP contribution is -2.47. The van der Waals surface area contributed by atoms with E-state index >= 15 is 0 Å². The summed E-state index contributed by atoms with van der Waals surface area (Å²) < 4.78 is 38.6. The third kappa shape index (κ3) is 5.33. The molecule has 2 heterocycles. The van der Waals surface area contributed by atoms with Gasteiger partial charge in [0.2, 0.25) is 5.82 Å². The molecule has 36 heavy (non-hydrogen) atoms. The Balaban J connectivity index is 1.27. The summed E-state index contributed by atoms with van der Waals surface area (Å²) in [6, 6.07) is 22.1. The second kappa shape index (κ2) is 9.62. The van der Waals surface area contributed by atoms with Crippen LogP contribution in [0.5, 0.6) is 0 Å². The molecule has 5 rings (SSSR count). The number of nitrogens with one attached hydrogen (secondary N) is 1. The Labute approximate surface area is 206 Å². The summed E-state index contributed by atoms with van der Waals surface area (Å²) in [6.45, 7) is 1.67. The highest BCUT2D eigenvalue weighted by Gasteiger charge is 2.34. The summed E-state index contributed by atoms with van der Waals surface area (Å²) >= 11 is 0. The van der Waals surface area contributed by atoms with Crippen molar-refractivity contribution in [3.63, 3.8) is 0 Å².